The molecule has 2 aliphatic rings. The van der Waals surface area contributed by atoms with Crippen LogP contribution in [0, 0.1) is 35.5 Å². The minimum atomic E-state index is -0.110. The highest BCUT2D eigenvalue weighted by molar-refractivity contribution is 7.23. The zero-order valence-electron chi connectivity index (χ0n) is 24.3. The first-order valence-electron chi connectivity index (χ1n) is 14.7. The number of nitrogens with one attached hydrogen (secondary N) is 1. The van der Waals surface area contributed by atoms with Crippen molar-refractivity contribution in [1.29, 1.82) is 0 Å². The summed E-state index contributed by atoms with van der Waals surface area (Å²) < 4.78 is 0. The number of ketones is 1. The molecule has 7 heteroatoms. The Kier molecular flexibility index (Phi) is 8.51. The predicted octanol–water partition coefficient (Wildman–Crippen LogP) is 5.42. The second-order valence-electron chi connectivity index (χ2n) is 11.3. The lowest BCUT2D eigenvalue weighted by molar-refractivity contribution is 0.0768. The largest absolute Gasteiger partial charge is 0.508 e. The Balaban J connectivity index is 1.33. The zero-order valence-corrected chi connectivity index (χ0v) is 25.9. The van der Waals surface area contributed by atoms with Crippen LogP contribution in [0.25, 0.3) is 21.9 Å². The van der Waals surface area contributed by atoms with Gasteiger partial charge >= 0.3 is 0 Å². The molecule has 43 heavy (non-hydrogen) atoms. The van der Waals surface area contributed by atoms with Crippen molar-refractivity contribution in [3.63, 3.8) is 0 Å². The molecular weight excluding hydrogens is 571 g/mol. The summed E-state index contributed by atoms with van der Waals surface area (Å²) in [5, 5.41) is 16.0. The molecule has 2 aromatic carbocycles. The van der Waals surface area contributed by atoms with Gasteiger partial charge in [0.25, 0.3) is 0 Å². The highest BCUT2D eigenvalue weighted by atomic mass is 32.1. The minimum Gasteiger partial charge on any atom is -0.508 e. The van der Waals surface area contributed by atoms with E-state index in [0.717, 1.165) is 37.9 Å². The average Bonchev–Trinajstić information content (AvgIpc) is 3.69. The molecule has 5 atom stereocenters. The van der Waals surface area contributed by atoms with Crippen LogP contribution in [0.1, 0.15) is 39.9 Å². The molecule has 2 aliphatic carbocycles. The molecule has 5 nitrogen and oxygen atoms in total. The number of phenols is 1. The monoisotopic (exact) mass is 605 g/mol. The van der Waals surface area contributed by atoms with Gasteiger partial charge in [-0.1, -0.05) is 54.5 Å². The molecule has 0 spiro atoms. The number of nitrogens with two attached hydrogens (primary N) is 1. The van der Waals surface area contributed by atoms with Gasteiger partial charge in [0.15, 0.2) is 11.7 Å². The summed E-state index contributed by atoms with van der Waals surface area (Å²) in [6.07, 6.45) is 7.07. The Morgan fingerprint density at radius 3 is 2.49 bits per heavy atom. The van der Waals surface area contributed by atoms with Gasteiger partial charge in [-0.15, -0.1) is 28.6 Å². The van der Waals surface area contributed by atoms with Crippen molar-refractivity contribution < 1.29 is 9.90 Å². The standard InChI is InChI=1S/C36H35N3O2S2/c1-3-7-26-12-15-32(42-26)33-16-17-34(43-33)35(41)28-14-13-27(29-20-23-9-4-5-10-24(23)21-30(28)29)31(39-36(37)38-2)19-22-8-6-11-25(40)18-22/h4-6,8-12,15-18,20-21,27-31,40H,13-14,19H2,1-2H3,(H3,37,38,39)/t27-,28+,29-,30+,31-/m1/s1. The number of nitrogens with zero attached hydrogens (tertiary/aromatic N) is 1. The number of hydrogen-bond donors (Lipinski definition) is 3. The number of Topliss-reactive ketones (excluding diaryl/α,β-unsaturated/α-hetero) is 1. The van der Waals surface area contributed by atoms with Crippen molar-refractivity contribution in [3.8, 4) is 27.3 Å². The molecule has 1 fully saturated rings. The fraction of sp³-hybridized carbons (Fsp3) is 0.278. The number of thiophene rings is 2. The molecule has 2 heterocycles. The smallest absolute Gasteiger partial charge is 0.188 e. The summed E-state index contributed by atoms with van der Waals surface area (Å²) in [7, 11) is 1.69. The van der Waals surface area contributed by atoms with E-state index in [-0.39, 0.29) is 41.2 Å². The third-order valence-electron chi connectivity index (χ3n) is 8.69. The van der Waals surface area contributed by atoms with E-state index in [1.54, 1.807) is 35.8 Å². The van der Waals surface area contributed by atoms with Crippen LogP contribution in [-0.2, 0) is 6.42 Å². The molecule has 2 aromatic heterocycles. The van der Waals surface area contributed by atoms with Crippen molar-refractivity contribution in [3.05, 3.63) is 98.6 Å². The number of fused-ring (bicyclic) bond motifs is 2. The van der Waals surface area contributed by atoms with Crippen LogP contribution in [0.15, 0.2) is 77.8 Å². The second kappa shape index (κ2) is 12.6. The van der Waals surface area contributed by atoms with Gasteiger partial charge < -0.3 is 16.2 Å². The summed E-state index contributed by atoms with van der Waals surface area (Å²) in [6.45, 7) is 1.85. The molecule has 4 N–H and O–H groups in total. The lowest BCUT2D eigenvalue weighted by Crippen LogP contribution is -2.52. The van der Waals surface area contributed by atoms with Crippen LogP contribution < -0.4 is 21.5 Å². The number of guanidine groups is 1. The van der Waals surface area contributed by atoms with Crippen molar-refractivity contribution in [2.45, 2.75) is 32.2 Å². The Labute approximate surface area is 260 Å². The van der Waals surface area contributed by atoms with Gasteiger partial charge in [-0.05, 0) is 96.3 Å². The van der Waals surface area contributed by atoms with Crippen LogP contribution in [0.4, 0.5) is 0 Å². The van der Waals surface area contributed by atoms with Crippen molar-refractivity contribution >= 4 is 46.6 Å². The molecular formula is C36H35N3O2S2. The molecule has 218 valence electrons. The second-order valence-corrected chi connectivity index (χ2v) is 13.4. The Bertz CT molecular complexity index is 1860. The van der Waals surface area contributed by atoms with E-state index >= 15 is 0 Å². The maximum atomic E-state index is 14.2. The lowest BCUT2D eigenvalue weighted by Gasteiger charge is -2.44. The van der Waals surface area contributed by atoms with E-state index in [1.807, 2.05) is 37.3 Å². The van der Waals surface area contributed by atoms with Gasteiger partial charge in [0.05, 0.1) is 9.75 Å². The van der Waals surface area contributed by atoms with Gasteiger partial charge in [-0.2, -0.15) is 0 Å². The topological polar surface area (TPSA) is 87.7 Å². The molecule has 4 aromatic rings. The van der Waals surface area contributed by atoms with Crippen LogP contribution in [0.3, 0.4) is 0 Å². The number of phenolic OH excluding ortho intramolecular Hbond substituents is 1. The van der Waals surface area contributed by atoms with Crippen molar-refractivity contribution in [1.82, 2.24) is 5.32 Å². The molecule has 0 aliphatic heterocycles. The number of carbonyl (C=O) groups excluding carboxylic acids is 1. The van der Waals surface area contributed by atoms with E-state index < -0.39 is 0 Å². The number of hydrogen-bond acceptors (Lipinski definition) is 5. The first-order chi connectivity index (χ1) is 20.9. The maximum absolute atomic E-state index is 14.2. The van der Waals surface area contributed by atoms with Gasteiger partial charge in [-0.3, -0.25) is 9.79 Å². The number of aromatic hydroxyl groups is 1. The number of benzene rings is 2. The van der Waals surface area contributed by atoms with E-state index in [1.165, 1.54) is 10.4 Å². The highest BCUT2D eigenvalue weighted by Gasteiger charge is 2.44. The van der Waals surface area contributed by atoms with Crippen molar-refractivity contribution in [2.75, 3.05) is 7.05 Å². The van der Waals surface area contributed by atoms with E-state index in [9.17, 15) is 9.90 Å². The van der Waals surface area contributed by atoms with Crippen LogP contribution in [0.5, 0.6) is 5.75 Å². The van der Waals surface area contributed by atoms with Gasteiger partial charge in [-0.25, -0.2) is 0 Å². The van der Waals surface area contributed by atoms with Crippen molar-refractivity contribution in [2.24, 2.45) is 34.4 Å². The summed E-state index contributed by atoms with van der Waals surface area (Å²) in [4.78, 5) is 22.5. The molecule has 6 rings (SSSR count). The van der Waals surface area contributed by atoms with E-state index in [2.05, 4.69) is 70.7 Å². The molecule has 0 bridgehead atoms. The van der Waals surface area contributed by atoms with Crippen LogP contribution in [0.2, 0.25) is 0 Å². The molecule has 0 radical (unpaired) electrons. The third kappa shape index (κ3) is 6.17. The van der Waals surface area contributed by atoms with E-state index in [4.69, 9.17) is 5.73 Å². The van der Waals surface area contributed by atoms with Gasteiger partial charge in [0.1, 0.15) is 5.75 Å². The predicted molar refractivity (Wildman–Crippen MR) is 179 cm³/mol. The average molecular weight is 606 g/mol. The van der Waals surface area contributed by atoms with Crippen LogP contribution in [-0.4, -0.2) is 29.9 Å². The SMILES string of the molecule is CC#Cc1ccc(-c2ccc(C(=O)[C@H]3CC[C@@H]([C@@H](Cc4cccc(O)c4)NC(N)=NC)[C@H]4C=c5ccccc5=C[C@H]43)s2)s1. The number of carbonyl (C=O) groups is 1. The van der Waals surface area contributed by atoms with Gasteiger partial charge in [0.2, 0.25) is 0 Å². The fourth-order valence-electron chi connectivity index (χ4n) is 6.72. The lowest BCUT2D eigenvalue weighted by atomic mass is 9.61. The summed E-state index contributed by atoms with van der Waals surface area (Å²) in [6, 6.07) is 24.0. The molecule has 0 unspecified atom stereocenters. The zero-order chi connectivity index (χ0) is 29.9. The Morgan fingerprint density at radius 2 is 1.74 bits per heavy atom. The first kappa shape index (κ1) is 29.0. The molecule has 0 saturated heterocycles. The third-order valence-corrected chi connectivity index (χ3v) is 11.0. The summed E-state index contributed by atoms with van der Waals surface area (Å²) in [5.41, 5.74) is 7.27. The van der Waals surface area contributed by atoms with Crippen LogP contribution >= 0.6 is 22.7 Å². The maximum Gasteiger partial charge on any atom is 0.188 e. The highest BCUT2D eigenvalue weighted by Crippen LogP contribution is 2.46. The molecule has 1 saturated carbocycles. The van der Waals surface area contributed by atoms with E-state index in [0.29, 0.717) is 12.4 Å². The first-order valence-corrected chi connectivity index (χ1v) is 16.3. The summed E-state index contributed by atoms with van der Waals surface area (Å²) >= 11 is 3.25. The number of aliphatic imine (C=N–C) groups is 1. The fourth-order valence-corrected chi connectivity index (χ4v) is 8.73. The quantitative estimate of drug-likeness (QED) is 0.114. The summed E-state index contributed by atoms with van der Waals surface area (Å²) in [5.74, 6) is 7.28. The number of rotatable bonds is 7. The van der Waals surface area contributed by atoms with Gasteiger partial charge in [0, 0.05) is 28.8 Å². The Morgan fingerprint density at radius 1 is 1.00 bits per heavy atom. The minimum absolute atomic E-state index is 0.0171. The normalized spacial score (nSPS) is 21.7. The molecule has 0 amide bonds. The Hall–Kier alpha value is -4.12.